The van der Waals surface area contributed by atoms with Crippen molar-refractivity contribution in [2.45, 2.75) is 0 Å². The summed E-state index contributed by atoms with van der Waals surface area (Å²) in [5, 5.41) is 0. The van der Waals surface area contributed by atoms with Crippen molar-refractivity contribution < 1.29 is 0 Å². The van der Waals surface area contributed by atoms with Crippen LogP contribution in [-0.2, 0) is 0 Å². The molecule has 0 amide bonds. The van der Waals surface area contributed by atoms with Crippen LogP contribution in [0.2, 0.25) is 0 Å². The van der Waals surface area contributed by atoms with Crippen molar-refractivity contribution in [1.29, 1.82) is 0 Å². The molecule has 508 valence electrons. The van der Waals surface area contributed by atoms with Crippen LogP contribution in [0.4, 0.5) is 0 Å². The number of nitrogens with zero attached hydrogens (tertiary/aromatic N) is 12. The Kier molecular flexibility index (Phi) is 19.0. The highest BCUT2D eigenvalue weighted by atomic mass is 15.0. The van der Waals surface area contributed by atoms with E-state index in [1.165, 1.54) is 0 Å². The van der Waals surface area contributed by atoms with Crippen LogP contribution in [0.5, 0.6) is 0 Å². The fraction of sp³-hybridized carbons (Fsp3) is 0. The van der Waals surface area contributed by atoms with Gasteiger partial charge in [-0.15, -0.1) is 0 Å². The fourth-order valence-corrected chi connectivity index (χ4v) is 12.9. The van der Waals surface area contributed by atoms with Gasteiger partial charge in [-0.25, -0.2) is 49.8 Å². The quantitative estimate of drug-likeness (QED) is 0.0904. The van der Waals surface area contributed by atoms with Crippen LogP contribution < -0.4 is 0 Å². The number of rotatable bonds is 16. The maximum absolute atomic E-state index is 5.05. The Morgan fingerprint density at radius 3 is 0.593 bits per heavy atom. The van der Waals surface area contributed by atoms with E-state index in [-0.39, 0.29) is 0 Å². The van der Waals surface area contributed by atoms with Crippen LogP contribution >= 0.6 is 0 Å². The Bertz CT molecular complexity index is 5980. The van der Waals surface area contributed by atoms with Crippen LogP contribution in [0, 0.1) is 0 Å². The van der Waals surface area contributed by atoms with Gasteiger partial charge >= 0.3 is 0 Å². The van der Waals surface area contributed by atoms with Crippen molar-refractivity contribution in [2.75, 3.05) is 0 Å². The number of benzene rings is 12. The molecule has 12 nitrogen and oxygen atoms in total. The summed E-state index contributed by atoms with van der Waals surface area (Å²) in [6.45, 7) is 0. The number of aromatic nitrogens is 12. The third-order valence-electron chi connectivity index (χ3n) is 18.5. The smallest absolute Gasteiger partial charge is 0.164 e. The Hall–Kier alpha value is -14.9. The third kappa shape index (κ3) is 15.1. The summed E-state index contributed by atoms with van der Waals surface area (Å²) in [6, 6.07) is 123. The summed E-state index contributed by atoms with van der Waals surface area (Å²) in [5.74, 6) is 5.11. The first-order valence-electron chi connectivity index (χ1n) is 35.5. The summed E-state index contributed by atoms with van der Waals surface area (Å²) in [4.78, 5) is 58.2. The Morgan fingerprint density at radius 2 is 0.315 bits per heavy atom. The summed E-state index contributed by atoms with van der Waals surface area (Å²) in [7, 11) is 0. The minimum atomic E-state index is 0.608. The highest BCUT2D eigenvalue weighted by molar-refractivity contribution is 5.81. The molecule has 6 aromatic heterocycles. The molecule has 0 unspecified atom stereocenters. The van der Waals surface area contributed by atoms with Crippen LogP contribution in [0.25, 0.3) is 181 Å². The predicted molar refractivity (Wildman–Crippen MR) is 433 cm³/mol. The Labute approximate surface area is 625 Å². The second kappa shape index (κ2) is 31.0. The second-order valence-corrected chi connectivity index (χ2v) is 25.7. The van der Waals surface area contributed by atoms with Crippen molar-refractivity contribution in [3.8, 4) is 181 Å². The fourth-order valence-electron chi connectivity index (χ4n) is 12.9. The predicted octanol–water partition coefficient (Wildman–Crippen LogP) is 22.8. The van der Waals surface area contributed by atoms with Gasteiger partial charge in [0.15, 0.2) is 46.6 Å². The molecule has 0 aliphatic rings. The van der Waals surface area contributed by atoms with Crippen molar-refractivity contribution in [2.24, 2.45) is 0 Å². The van der Waals surface area contributed by atoms with Crippen molar-refractivity contribution in [3.63, 3.8) is 0 Å². The maximum atomic E-state index is 5.05. The van der Waals surface area contributed by atoms with Gasteiger partial charge in [0.1, 0.15) is 0 Å². The van der Waals surface area contributed by atoms with E-state index in [0.29, 0.717) is 46.6 Å². The third-order valence-corrected chi connectivity index (χ3v) is 18.5. The van der Waals surface area contributed by atoms with Gasteiger partial charge in [0.25, 0.3) is 0 Å². The average molecular weight is 1390 g/mol. The molecule has 18 rings (SSSR count). The van der Waals surface area contributed by atoms with E-state index in [9.17, 15) is 0 Å². The van der Waals surface area contributed by atoms with Gasteiger partial charge in [-0.1, -0.05) is 328 Å². The van der Waals surface area contributed by atoms with E-state index < -0.39 is 0 Å². The molecule has 6 heterocycles. The van der Waals surface area contributed by atoms with Crippen LogP contribution in [0.3, 0.4) is 0 Å². The van der Waals surface area contributed by atoms with Crippen LogP contribution in [0.15, 0.2) is 389 Å². The summed E-state index contributed by atoms with van der Waals surface area (Å²) in [5.41, 5.74) is 23.6. The summed E-state index contributed by atoms with van der Waals surface area (Å²) in [6.07, 6.45) is 7.31. The highest BCUT2D eigenvalue weighted by Crippen LogP contribution is 2.36. The largest absolute Gasteiger partial charge is 0.264 e. The molecule has 108 heavy (non-hydrogen) atoms. The average Bonchev–Trinajstić information content (AvgIpc) is 0.798. The highest BCUT2D eigenvalue weighted by Gasteiger charge is 2.19. The van der Waals surface area contributed by atoms with Gasteiger partial charge in [-0.2, -0.15) is 0 Å². The molecular formula is C96H64N12. The topological polar surface area (TPSA) is 155 Å². The lowest BCUT2D eigenvalue weighted by Crippen LogP contribution is -2.00. The zero-order valence-electron chi connectivity index (χ0n) is 58.3. The van der Waals surface area contributed by atoms with E-state index in [4.69, 9.17) is 49.8 Å². The molecule has 0 bridgehead atoms. The van der Waals surface area contributed by atoms with Gasteiger partial charge in [-0.3, -0.25) is 9.97 Å². The molecule has 0 aliphatic carbocycles. The summed E-state index contributed by atoms with van der Waals surface area (Å²) >= 11 is 0. The van der Waals surface area contributed by atoms with E-state index >= 15 is 0 Å². The normalized spacial score (nSPS) is 11.0. The van der Waals surface area contributed by atoms with Crippen molar-refractivity contribution in [3.05, 3.63) is 389 Å². The minimum absolute atomic E-state index is 0.608. The molecule has 0 radical (unpaired) electrons. The molecule has 12 heteroatoms. The lowest BCUT2D eigenvalue weighted by molar-refractivity contribution is 1.07. The molecule has 0 N–H and O–H groups in total. The van der Waals surface area contributed by atoms with Gasteiger partial charge in [0, 0.05) is 91.5 Å². The SMILES string of the molecule is c1ccc(-c2cc(-c3ccc(-c4cccc(-c5nc(-c6ccccc6)nc(-c6ccc(-c7cccnc7)cc6)n5)c4)cc3)nc(-c3ccccc3)n2)cc1.c1ccc(-c2nc(-c3ccc(-c4cccnc4)cc3)cc(-c3ccc(-c4cccc(-c5nc(-c6ccccc6)nc(-c6ccccc6)n5)c4)cc3)n2)cc1. The zero-order valence-corrected chi connectivity index (χ0v) is 58.3. The number of hydrogen-bond acceptors (Lipinski definition) is 12. The minimum Gasteiger partial charge on any atom is -0.264 e. The molecule has 0 fully saturated rings. The van der Waals surface area contributed by atoms with E-state index in [1.54, 1.807) is 12.4 Å². The molecule has 0 saturated heterocycles. The Morgan fingerprint density at radius 1 is 0.120 bits per heavy atom. The van der Waals surface area contributed by atoms with Gasteiger partial charge in [-0.05, 0) is 80.9 Å². The lowest BCUT2D eigenvalue weighted by Gasteiger charge is -2.11. The van der Waals surface area contributed by atoms with Crippen molar-refractivity contribution in [1.82, 2.24) is 59.8 Å². The molecule has 0 saturated carbocycles. The first-order chi connectivity index (χ1) is 53.5. The standard InChI is InChI=1S/2C48H32N6/c1-4-12-37(13-5-1)45-50-43(31-44(51-45)36-27-23-34(24-28-36)42-20-11-29-49-32-42)35-25-21-33(22-26-35)40-18-10-19-41(30-40)48-53-46(38-14-6-2-7-15-38)52-47(54-48)39-16-8-3-9-17-39;1-4-12-35(13-5-1)43-31-44(51-45(50-43)37-14-6-2-7-15-37)36-25-21-33(22-26-36)40-18-10-19-41(30-40)48-53-46(38-16-8-3-9-17-38)52-47(54-48)39-27-23-34(24-28-39)42-20-11-29-49-32-42/h2*1-32H. The maximum Gasteiger partial charge on any atom is 0.164 e. The molecular weight excluding hydrogens is 1320 g/mol. The number of pyridine rings is 2. The zero-order chi connectivity index (χ0) is 72.2. The first kappa shape index (κ1) is 66.4. The first-order valence-corrected chi connectivity index (χ1v) is 35.5. The van der Waals surface area contributed by atoms with Crippen LogP contribution in [0.1, 0.15) is 0 Å². The second-order valence-electron chi connectivity index (χ2n) is 25.7. The Balaban J connectivity index is 0.000000158. The molecule has 12 aromatic carbocycles. The molecule has 0 atom stereocenters. The molecule has 18 aromatic rings. The lowest BCUT2D eigenvalue weighted by atomic mass is 9.99. The summed E-state index contributed by atoms with van der Waals surface area (Å²) < 4.78 is 0. The molecule has 0 aliphatic heterocycles. The molecule has 0 spiro atoms. The van der Waals surface area contributed by atoms with Gasteiger partial charge in [0.2, 0.25) is 0 Å². The van der Waals surface area contributed by atoms with Gasteiger partial charge in [0.05, 0.1) is 22.8 Å². The van der Waals surface area contributed by atoms with Gasteiger partial charge < -0.3 is 0 Å². The number of hydrogen-bond donors (Lipinski definition) is 0. The van der Waals surface area contributed by atoms with E-state index in [1.807, 2.05) is 207 Å². The van der Waals surface area contributed by atoms with Crippen molar-refractivity contribution >= 4 is 0 Å². The monoisotopic (exact) mass is 1380 g/mol. The van der Waals surface area contributed by atoms with E-state index in [2.05, 4.69) is 180 Å². The van der Waals surface area contributed by atoms with E-state index in [0.717, 1.165) is 134 Å². The van der Waals surface area contributed by atoms with Crippen LogP contribution in [-0.4, -0.2) is 59.8 Å².